The summed E-state index contributed by atoms with van der Waals surface area (Å²) in [4.78, 5) is 23.7. The average molecular weight is 515 g/mol. The van der Waals surface area contributed by atoms with Gasteiger partial charge >= 0.3 is 0 Å². The van der Waals surface area contributed by atoms with Gasteiger partial charge in [0.15, 0.2) is 0 Å². The van der Waals surface area contributed by atoms with E-state index in [9.17, 15) is 9.90 Å². The number of rotatable bonds is 9. The molecule has 38 heavy (non-hydrogen) atoms. The van der Waals surface area contributed by atoms with Gasteiger partial charge in [0.2, 0.25) is 5.95 Å². The Morgan fingerprint density at radius 2 is 2.11 bits per heavy atom. The Bertz CT molecular complexity index is 1380. The summed E-state index contributed by atoms with van der Waals surface area (Å²) in [7, 11) is 4.07. The van der Waals surface area contributed by atoms with E-state index in [2.05, 4.69) is 30.9 Å². The maximum atomic E-state index is 12.1. The van der Waals surface area contributed by atoms with Gasteiger partial charge in [-0.1, -0.05) is 31.2 Å². The Morgan fingerprint density at radius 1 is 1.24 bits per heavy atom. The lowest BCUT2D eigenvalue weighted by Crippen LogP contribution is -2.47. The van der Waals surface area contributed by atoms with Crippen LogP contribution in [0.25, 0.3) is 11.1 Å². The van der Waals surface area contributed by atoms with Gasteiger partial charge in [-0.3, -0.25) is 9.48 Å². The molecule has 2 aromatic heterocycles. The van der Waals surface area contributed by atoms with Crippen molar-refractivity contribution in [1.82, 2.24) is 30.0 Å². The highest BCUT2D eigenvalue weighted by molar-refractivity contribution is 5.97. The van der Waals surface area contributed by atoms with Gasteiger partial charge < -0.3 is 26.0 Å². The van der Waals surface area contributed by atoms with Crippen molar-refractivity contribution in [3.8, 4) is 11.1 Å². The van der Waals surface area contributed by atoms with Gasteiger partial charge in [-0.05, 0) is 50.7 Å². The Morgan fingerprint density at radius 3 is 2.89 bits per heavy atom. The summed E-state index contributed by atoms with van der Waals surface area (Å²) in [5.41, 5.74) is 3.45. The fourth-order valence-corrected chi connectivity index (χ4v) is 4.73. The lowest BCUT2D eigenvalue weighted by molar-refractivity contribution is 0.0946. The van der Waals surface area contributed by atoms with Gasteiger partial charge in [-0.2, -0.15) is 10.1 Å². The van der Waals surface area contributed by atoms with E-state index in [-0.39, 0.29) is 5.91 Å². The fourth-order valence-electron chi connectivity index (χ4n) is 4.73. The van der Waals surface area contributed by atoms with Gasteiger partial charge in [0.05, 0.1) is 24.4 Å². The number of nitrogens with zero attached hydrogens (tertiary/aromatic N) is 5. The van der Waals surface area contributed by atoms with Crippen LogP contribution < -0.4 is 16.0 Å². The number of amides is 1. The summed E-state index contributed by atoms with van der Waals surface area (Å²) in [5.74, 6) is 0.953. The normalized spacial score (nSPS) is 20.3. The van der Waals surface area contributed by atoms with E-state index in [0.717, 1.165) is 41.9 Å². The van der Waals surface area contributed by atoms with Crippen LogP contribution in [-0.2, 0) is 13.0 Å². The first-order valence-corrected chi connectivity index (χ1v) is 12.9. The first-order chi connectivity index (χ1) is 18.4. The van der Waals surface area contributed by atoms with E-state index in [0.29, 0.717) is 30.3 Å². The molecule has 2 atom stereocenters. The number of carbonyl (C=O) groups excluding carboxylic acids is 1. The quantitative estimate of drug-likeness (QED) is 0.344. The van der Waals surface area contributed by atoms with Crippen LogP contribution in [0.15, 0.2) is 61.1 Å². The molecule has 0 spiro atoms. The molecule has 5 rings (SSSR count). The highest BCUT2D eigenvalue weighted by Gasteiger charge is 2.35. The van der Waals surface area contributed by atoms with Crippen LogP contribution >= 0.6 is 0 Å². The molecule has 0 saturated carbocycles. The highest BCUT2D eigenvalue weighted by atomic mass is 16.3. The molecule has 10 heteroatoms. The van der Waals surface area contributed by atoms with Crippen molar-refractivity contribution in [2.45, 2.75) is 38.0 Å². The zero-order chi connectivity index (χ0) is 26.7. The minimum atomic E-state index is -0.716. The Labute approximate surface area is 222 Å². The molecule has 0 radical (unpaired) electrons. The average Bonchev–Trinajstić information content (AvgIpc) is 3.38. The van der Waals surface area contributed by atoms with E-state index < -0.39 is 11.6 Å². The van der Waals surface area contributed by atoms with Crippen LogP contribution in [0.3, 0.4) is 0 Å². The fraction of sp³-hybridized carbons (Fsp3) is 0.357. The smallest absolute Gasteiger partial charge is 0.251 e. The predicted octanol–water partition coefficient (Wildman–Crippen LogP) is 2.98. The number of nitrogens with one attached hydrogen (secondary N) is 3. The van der Waals surface area contributed by atoms with Crippen molar-refractivity contribution in [1.29, 1.82) is 0 Å². The van der Waals surface area contributed by atoms with E-state index in [4.69, 9.17) is 4.98 Å². The monoisotopic (exact) mass is 514 g/mol. The van der Waals surface area contributed by atoms with Gasteiger partial charge in [0, 0.05) is 47.9 Å². The van der Waals surface area contributed by atoms with Gasteiger partial charge in [0.1, 0.15) is 5.82 Å². The number of hydrogen-bond acceptors (Lipinski definition) is 8. The van der Waals surface area contributed by atoms with Crippen LogP contribution in [0.4, 0.5) is 17.5 Å². The summed E-state index contributed by atoms with van der Waals surface area (Å²) in [6.45, 7) is 4.29. The molecule has 198 valence electrons. The largest absolute Gasteiger partial charge is 0.386 e. The molecule has 1 aliphatic carbocycles. The summed E-state index contributed by atoms with van der Waals surface area (Å²) in [6, 6.07) is 5.65. The van der Waals surface area contributed by atoms with Crippen LogP contribution in [0.1, 0.15) is 29.3 Å². The van der Waals surface area contributed by atoms with Crippen LogP contribution in [0.5, 0.6) is 0 Å². The summed E-state index contributed by atoms with van der Waals surface area (Å²) in [6.07, 6.45) is 13.8. The molecule has 10 nitrogen and oxygen atoms in total. The number of fused-ring (bicyclic) bond motifs is 1. The first-order valence-electron chi connectivity index (χ1n) is 12.9. The molecule has 0 bridgehead atoms. The molecule has 4 N–H and O–H groups in total. The Balaban J connectivity index is 1.48. The van der Waals surface area contributed by atoms with Crippen molar-refractivity contribution in [3.05, 3.63) is 72.2 Å². The highest BCUT2D eigenvalue weighted by Crippen LogP contribution is 2.33. The maximum Gasteiger partial charge on any atom is 0.251 e. The molecule has 0 fully saturated rings. The molecule has 1 aliphatic heterocycles. The second-order valence-electron chi connectivity index (χ2n) is 9.96. The second-order valence-corrected chi connectivity index (χ2v) is 9.96. The first kappa shape index (κ1) is 25.6. The number of hydrogen-bond donors (Lipinski definition) is 4. The van der Waals surface area contributed by atoms with E-state index in [1.54, 1.807) is 12.3 Å². The van der Waals surface area contributed by atoms with Crippen molar-refractivity contribution >= 4 is 23.4 Å². The van der Waals surface area contributed by atoms with Gasteiger partial charge in [0.25, 0.3) is 5.91 Å². The zero-order valence-corrected chi connectivity index (χ0v) is 22.0. The maximum absolute atomic E-state index is 12.1. The lowest BCUT2D eigenvalue weighted by Gasteiger charge is -2.36. The number of aliphatic hydroxyl groups is 1. The number of carbonyl (C=O) groups is 1. The molecule has 0 saturated heterocycles. The molecule has 3 heterocycles. The summed E-state index contributed by atoms with van der Waals surface area (Å²) < 4.78 is 1.90. The van der Waals surface area contributed by atoms with Crippen molar-refractivity contribution in [3.63, 3.8) is 0 Å². The SMILES string of the molecule is CC[C@]1(Nc2nc(Nc3ccc4c(c3)CCNC4=O)ncc2-c2cnn(CCN(C)C)c2)C=CC=CC1O. The molecule has 1 amide bonds. The third-order valence-electron chi connectivity index (χ3n) is 7.06. The number of allylic oxidation sites excluding steroid dienone is 2. The number of aromatic nitrogens is 4. The predicted molar refractivity (Wildman–Crippen MR) is 149 cm³/mol. The number of anilines is 3. The lowest BCUT2D eigenvalue weighted by atomic mass is 9.85. The number of benzene rings is 1. The van der Waals surface area contributed by atoms with Gasteiger partial charge in [-0.15, -0.1) is 0 Å². The molecule has 3 aromatic rings. The van der Waals surface area contributed by atoms with Crippen LogP contribution in [0, 0.1) is 0 Å². The second kappa shape index (κ2) is 10.8. The minimum Gasteiger partial charge on any atom is -0.386 e. The molecule has 1 aromatic carbocycles. The Kier molecular flexibility index (Phi) is 7.26. The third-order valence-corrected chi connectivity index (χ3v) is 7.06. The van der Waals surface area contributed by atoms with Gasteiger partial charge in [-0.25, -0.2) is 4.98 Å². The van der Waals surface area contributed by atoms with E-state index in [1.165, 1.54) is 0 Å². The minimum absolute atomic E-state index is 0.0472. The molecule has 2 aliphatic rings. The molecule has 1 unspecified atom stereocenters. The summed E-state index contributed by atoms with van der Waals surface area (Å²) >= 11 is 0. The number of aliphatic hydroxyl groups excluding tert-OH is 1. The van der Waals surface area contributed by atoms with Crippen LogP contribution in [0.2, 0.25) is 0 Å². The number of likely N-dealkylation sites (N-methyl/N-ethyl adjacent to an activating group) is 1. The van der Waals surface area contributed by atoms with Crippen LogP contribution in [-0.4, -0.2) is 74.5 Å². The van der Waals surface area contributed by atoms with Crippen molar-refractivity contribution < 1.29 is 9.90 Å². The molecular weight excluding hydrogens is 480 g/mol. The summed E-state index contributed by atoms with van der Waals surface area (Å²) in [5, 5.41) is 25.1. The van der Waals surface area contributed by atoms with Crippen molar-refractivity contribution in [2.75, 3.05) is 37.8 Å². The zero-order valence-electron chi connectivity index (χ0n) is 22.0. The third kappa shape index (κ3) is 5.32. The van der Waals surface area contributed by atoms with E-state index >= 15 is 0 Å². The topological polar surface area (TPSA) is 120 Å². The molecular formula is C28H34N8O2. The Hall–Kier alpha value is -4.02. The van der Waals surface area contributed by atoms with E-state index in [1.807, 2.05) is 74.5 Å². The standard InChI is InChI=1S/C28H34N8O2/c1-4-28(11-6-5-7-24(28)37)34-25-23(20-16-31-36(18-20)14-13-35(2)3)17-30-27(33-25)32-21-8-9-22-19(15-21)10-12-29-26(22)38/h5-9,11,15-18,24,37H,4,10,12-14H2,1-3H3,(H,29,38)(H2,30,32,33,34)/t24?,28-/m0/s1. The van der Waals surface area contributed by atoms with Crippen molar-refractivity contribution in [2.24, 2.45) is 0 Å².